The standard InChI is InChI=1S/C27H27NP2.2ClH.Pd/c1-28(22-29(24-14-6-2-7-15-24)25-16-8-3-9-17-25)23-30(26-18-10-4-11-19-26)27-20-12-5-13-21-27;;;/h2-21H,22-23H2,1H3;2*1H;/q;;;+2. The molecule has 0 saturated carbocycles. The van der Waals surface area contributed by atoms with Crippen LogP contribution in [-0.2, 0) is 15.9 Å². The first-order valence-electron chi connectivity index (χ1n) is 10.7. The van der Waals surface area contributed by atoms with Gasteiger partial charge in [-0.2, -0.15) is 0 Å². The van der Waals surface area contributed by atoms with Crippen LogP contribution in [0.15, 0.2) is 121 Å². The van der Waals surface area contributed by atoms with E-state index < -0.39 is 15.8 Å². The van der Waals surface area contributed by atoms with Crippen molar-refractivity contribution in [2.75, 3.05) is 19.6 Å². The summed E-state index contributed by atoms with van der Waals surface area (Å²) in [4.78, 5) is 2.57. The Labute approximate surface area is 216 Å². The quantitative estimate of drug-likeness (QED) is 0.177. The summed E-state index contributed by atoms with van der Waals surface area (Å²) in [5.74, 6) is 0. The van der Waals surface area contributed by atoms with Gasteiger partial charge >= 0.3 is 35.0 Å². The summed E-state index contributed by atoms with van der Waals surface area (Å²) in [7, 11) is 10.2. The summed E-state index contributed by atoms with van der Waals surface area (Å²) in [6, 6.07) is 44.2. The minimum atomic E-state index is -0.865. The van der Waals surface area contributed by atoms with Crippen molar-refractivity contribution < 1.29 is 15.9 Å². The predicted molar refractivity (Wildman–Crippen MR) is 150 cm³/mol. The van der Waals surface area contributed by atoms with Crippen LogP contribution in [0.5, 0.6) is 0 Å². The molecule has 0 aliphatic rings. The molecule has 4 aromatic carbocycles. The van der Waals surface area contributed by atoms with Gasteiger partial charge in [0.15, 0.2) is 0 Å². The molecular weight excluding hydrogens is 578 g/mol. The molecule has 0 amide bonds. The minimum absolute atomic E-state index is 0.106. The van der Waals surface area contributed by atoms with Gasteiger partial charge in [0.1, 0.15) is 12.6 Å². The van der Waals surface area contributed by atoms with Gasteiger partial charge in [-0.25, -0.2) is 4.90 Å². The fourth-order valence-electron chi connectivity index (χ4n) is 3.85. The van der Waals surface area contributed by atoms with Crippen LogP contribution in [0.3, 0.4) is 0 Å². The third kappa shape index (κ3) is 8.59. The maximum absolute atomic E-state index is 4.81. The number of nitrogens with zero attached hydrogens (tertiary/aromatic N) is 1. The Morgan fingerprint density at radius 3 is 0.939 bits per heavy atom. The van der Waals surface area contributed by atoms with E-state index >= 15 is 0 Å². The Morgan fingerprint density at radius 1 is 0.515 bits per heavy atom. The van der Waals surface area contributed by atoms with Crippen LogP contribution in [0.4, 0.5) is 0 Å². The Kier molecular flexibility index (Phi) is 12.1. The van der Waals surface area contributed by atoms with Crippen molar-refractivity contribution in [3.05, 3.63) is 121 Å². The van der Waals surface area contributed by atoms with E-state index in [1.165, 1.54) is 21.2 Å². The van der Waals surface area contributed by atoms with Crippen molar-refractivity contribution in [2.45, 2.75) is 0 Å². The molecule has 1 nitrogen and oxygen atoms in total. The molecule has 0 radical (unpaired) electrons. The van der Waals surface area contributed by atoms with Crippen LogP contribution in [0.2, 0.25) is 0 Å². The molecule has 6 heteroatoms. The fraction of sp³-hybridized carbons (Fsp3) is 0.111. The number of rotatable bonds is 8. The number of benzene rings is 4. The van der Waals surface area contributed by atoms with Gasteiger partial charge in [-0.05, 0) is 55.6 Å². The van der Waals surface area contributed by atoms with Crippen LogP contribution in [0, 0.1) is 0 Å². The van der Waals surface area contributed by atoms with E-state index in [2.05, 4.69) is 133 Å². The van der Waals surface area contributed by atoms with Gasteiger partial charge in [0.05, 0.1) is 37.1 Å². The van der Waals surface area contributed by atoms with Crippen LogP contribution in [0.1, 0.15) is 0 Å². The van der Waals surface area contributed by atoms with E-state index in [1.807, 2.05) is 0 Å². The van der Waals surface area contributed by atoms with E-state index in [9.17, 15) is 0 Å². The van der Waals surface area contributed by atoms with Crippen molar-refractivity contribution >= 4 is 56.1 Å². The summed E-state index contributed by atoms with van der Waals surface area (Å²) >= 11 is -0.106. The molecule has 4 aromatic rings. The Balaban J connectivity index is 0.000000968. The zero-order valence-corrected chi connectivity index (χ0v) is 23.5. The molecule has 0 aliphatic carbocycles. The first-order valence-corrected chi connectivity index (χ1v) is 18.1. The molecule has 0 aromatic heterocycles. The van der Waals surface area contributed by atoms with Gasteiger partial charge in [-0.15, -0.1) is 0 Å². The molecule has 0 spiro atoms. The SMILES string of the molecule is CN(C[PH+](c1ccccc1)c1ccccc1)C[PH+](c1ccccc1)c1ccccc1.[Cl][Pd][Cl]. The predicted octanol–water partition coefficient (Wildman–Crippen LogP) is 5.94. The second-order valence-electron chi connectivity index (χ2n) is 7.64. The monoisotopic (exact) mass is 605 g/mol. The van der Waals surface area contributed by atoms with E-state index in [4.69, 9.17) is 19.1 Å². The van der Waals surface area contributed by atoms with E-state index in [0.717, 1.165) is 12.6 Å². The first-order chi connectivity index (χ1) is 16.2. The number of halogens is 2. The van der Waals surface area contributed by atoms with Crippen molar-refractivity contribution in [1.29, 1.82) is 0 Å². The van der Waals surface area contributed by atoms with Gasteiger partial charge in [0.2, 0.25) is 0 Å². The number of hydrogen-bond donors (Lipinski definition) is 0. The summed E-state index contributed by atoms with van der Waals surface area (Å²) in [5.41, 5.74) is 0. The molecule has 4 rings (SSSR count). The van der Waals surface area contributed by atoms with Crippen molar-refractivity contribution in [3.8, 4) is 0 Å². The second kappa shape index (κ2) is 15.0. The third-order valence-electron chi connectivity index (χ3n) is 5.35. The molecule has 0 unspecified atom stereocenters. The van der Waals surface area contributed by atoms with Gasteiger partial charge in [0, 0.05) is 0 Å². The maximum atomic E-state index is 4.81. The average molecular weight is 607 g/mol. The zero-order valence-electron chi connectivity index (χ0n) is 18.5. The molecule has 0 atom stereocenters. The fourth-order valence-corrected chi connectivity index (χ4v) is 9.15. The molecular formula is C27H29Cl2NP2Pd+2. The van der Waals surface area contributed by atoms with Crippen LogP contribution in [0.25, 0.3) is 0 Å². The molecule has 0 bridgehead atoms. The molecule has 0 fully saturated rings. The normalized spacial score (nSPS) is 11.0. The summed E-state index contributed by atoms with van der Waals surface area (Å²) in [5, 5.41) is 5.92. The van der Waals surface area contributed by atoms with Crippen molar-refractivity contribution in [2.24, 2.45) is 0 Å². The number of hydrogen-bond acceptors (Lipinski definition) is 1. The van der Waals surface area contributed by atoms with Gasteiger partial charge in [-0.3, -0.25) is 0 Å². The summed E-state index contributed by atoms with van der Waals surface area (Å²) in [6.07, 6.45) is 2.21. The molecule has 0 heterocycles. The van der Waals surface area contributed by atoms with Crippen LogP contribution < -0.4 is 21.2 Å². The van der Waals surface area contributed by atoms with E-state index in [1.54, 1.807) is 0 Å². The van der Waals surface area contributed by atoms with Crippen molar-refractivity contribution in [3.63, 3.8) is 0 Å². The second-order valence-corrected chi connectivity index (χ2v) is 14.9. The molecule has 33 heavy (non-hydrogen) atoms. The average Bonchev–Trinajstić information content (AvgIpc) is 2.88. The van der Waals surface area contributed by atoms with E-state index in [0.29, 0.717) is 0 Å². The van der Waals surface area contributed by atoms with Gasteiger partial charge in [0.25, 0.3) is 0 Å². The summed E-state index contributed by atoms with van der Waals surface area (Å²) in [6.45, 7) is 0. The Morgan fingerprint density at radius 2 is 0.727 bits per heavy atom. The van der Waals surface area contributed by atoms with Crippen molar-refractivity contribution in [1.82, 2.24) is 4.90 Å². The molecule has 174 valence electrons. The third-order valence-corrected chi connectivity index (χ3v) is 11.2. The van der Waals surface area contributed by atoms with E-state index in [-0.39, 0.29) is 15.9 Å². The Hall–Kier alpha value is -1.06. The summed E-state index contributed by atoms with van der Waals surface area (Å²) < 4.78 is 0. The molecule has 0 saturated heterocycles. The molecule has 0 N–H and O–H groups in total. The van der Waals surface area contributed by atoms with Gasteiger partial charge < -0.3 is 0 Å². The first kappa shape index (κ1) is 26.5. The molecule has 0 aliphatic heterocycles. The van der Waals surface area contributed by atoms with Crippen LogP contribution >= 0.6 is 34.9 Å². The van der Waals surface area contributed by atoms with Gasteiger partial charge in [-0.1, -0.05) is 72.8 Å². The topological polar surface area (TPSA) is 3.24 Å². The van der Waals surface area contributed by atoms with Crippen LogP contribution in [-0.4, -0.2) is 24.5 Å². The zero-order chi connectivity index (χ0) is 23.3. The Bertz CT molecular complexity index is 877.